The fourth-order valence-electron chi connectivity index (χ4n) is 1.94. The van der Waals surface area contributed by atoms with Crippen LogP contribution in [-0.2, 0) is 11.3 Å². The SMILES string of the molecule is CCCNC(=O)Cn1c(N)cc2ccccc2c1=O. The molecule has 0 saturated carbocycles. The second-order valence-electron chi connectivity index (χ2n) is 4.40. The molecule has 2 rings (SSSR count). The van der Waals surface area contributed by atoms with Crippen molar-refractivity contribution in [2.45, 2.75) is 19.9 Å². The summed E-state index contributed by atoms with van der Waals surface area (Å²) < 4.78 is 1.30. The largest absolute Gasteiger partial charge is 0.385 e. The van der Waals surface area contributed by atoms with Gasteiger partial charge in [0.05, 0.1) is 0 Å². The molecule has 0 saturated heterocycles. The monoisotopic (exact) mass is 259 g/mol. The third kappa shape index (κ3) is 2.76. The van der Waals surface area contributed by atoms with Gasteiger partial charge in [-0.3, -0.25) is 14.2 Å². The van der Waals surface area contributed by atoms with E-state index in [2.05, 4.69) is 5.32 Å². The predicted molar refractivity (Wildman–Crippen MR) is 75.9 cm³/mol. The molecule has 100 valence electrons. The normalized spacial score (nSPS) is 10.6. The van der Waals surface area contributed by atoms with Gasteiger partial charge in [-0.2, -0.15) is 0 Å². The molecule has 0 aliphatic carbocycles. The molecule has 19 heavy (non-hydrogen) atoms. The number of rotatable bonds is 4. The van der Waals surface area contributed by atoms with E-state index < -0.39 is 0 Å². The summed E-state index contributed by atoms with van der Waals surface area (Å²) >= 11 is 0. The number of carbonyl (C=O) groups is 1. The predicted octanol–water partition coefficient (Wildman–Crippen LogP) is 1.11. The molecule has 0 fully saturated rings. The first-order valence-electron chi connectivity index (χ1n) is 6.28. The van der Waals surface area contributed by atoms with Crippen molar-refractivity contribution in [3.8, 4) is 0 Å². The number of hydrogen-bond acceptors (Lipinski definition) is 3. The summed E-state index contributed by atoms with van der Waals surface area (Å²) in [5.74, 6) is 0.0984. The number of pyridine rings is 1. The summed E-state index contributed by atoms with van der Waals surface area (Å²) in [6.07, 6.45) is 0.855. The van der Waals surface area contributed by atoms with E-state index in [0.717, 1.165) is 11.8 Å². The molecule has 1 aromatic heterocycles. The number of carbonyl (C=O) groups excluding carboxylic acids is 1. The van der Waals surface area contributed by atoms with Crippen molar-refractivity contribution in [2.75, 3.05) is 12.3 Å². The van der Waals surface area contributed by atoms with Crippen LogP contribution in [0.3, 0.4) is 0 Å². The lowest BCUT2D eigenvalue weighted by Crippen LogP contribution is -2.33. The zero-order chi connectivity index (χ0) is 13.8. The molecule has 0 atom stereocenters. The second-order valence-corrected chi connectivity index (χ2v) is 4.40. The van der Waals surface area contributed by atoms with Crippen molar-refractivity contribution >= 4 is 22.5 Å². The number of hydrogen-bond donors (Lipinski definition) is 2. The molecule has 2 aromatic rings. The maximum Gasteiger partial charge on any atom is 0.260 e. The Hall–Kier alpha value is -2.30. The van der Waals surface area contributed by atoms with Gasteiger partial charge in [0, 0.05) is 11.9 Å². The molecule has 1 heterocycles. The molecule has 1 aromatic carbocycles. The van der Waals surface area contributed by atoms with Gasteiger partial charge >= 0.3 is 0 Å². The van der Waals surface area contributed by atoms with Crippen LogP contribution in [0.1, 0.15) is 13.3 Å². The first-order valence-corrected chi connectivity index (χ1v) is 6.28. The minimum atomic E-state index is -0.234. The Balaban J connectivity index is 2.38. The number of aromatic nitrogens is 1. The van der Waals surface area contributed by atoms with Gasteiger partial charge in [-0.1, -0.05) is 25.1 Å². The molecule has 0 radical (unpaired) electrons. The molecule has 5 nitrogen and oxygen atoms in total. The van der Waals surface area contributed by atoms with Crippen LogP contribution < -0.4 is 16.6 Å². The zero-order valence-corrected chi connectivity index (χ0v) is 10.8. The van der Waals surface area contributed by atoms with Gasteiger partial charge in [-0.05, 0) is 23.9 Å². The van der Waals surface area contributed by atoms with Crippen LogP contribution in [0.25, 0.3) is 10.8 Å². The smallest absolute Gasteiger partial charge is 0.260 e. The summed E-state index contributed by atoms with van der Waals surface area (Å²) in [5.41, 5.74) is 5.61. The Kier molecular flexibility index (Phi) is 3.85. The van der Waals surface area contributed by atoms with E-state index in [0.29, 0.717) is 17.7 Å². The van der Waals surface area contributed by atoms with Gasteiger partial charge in [-0.25, -0.2) is 0 Å². The van der Waals surface area contributed by atoms with Gasteiger partial charge in [0.25, 0.3) is 5.56 Å². The molecule has 0 aliphatic rings. The number of fused-ring (bicyclic) bond motifs is 1. The molecule has 0 bridgehead atoms. The molecule has 1 amide bonds. The van der Waals surface area contributed by atoms with Crippen LogP contribution >= 0.6 is 0 Å². The summed E-state index contributed by atoms with van der Waals surface area (Å²) in [6.45, 7) is 2.52. The minimum Gasteiger partial charge on any atom is -0.385 e. The van der Waals surface area contributed by atoms with Crippen molar-refractivity contribution in [3.05, 3.63) is 40.7 Å². The van der Waals surface area contributed by atoms with Gasteiger partial charge in [0.1, 0.15) is 12.4 Å². The Morgan fingerprint density at radius 2 is 2.11 bits per heavy atom. The molecular weight excluding hydrogens is 242 g/mol. The highest BCUT2D eigenvalue weighted by Crippen LogP contribution is 2.12. The molecular formula is C14H17N3O2. The summed E-state index contributed by atoms with van der Waals surface area (Å²) in [5, 5.41) is 4.09. The first kappa shape index (κ1) is 13.1. The lowest BCUT2D eigenvalue weighted by Gasteiger charge is -2.11. The Labute approximate surface area is 111 Å². The third-order valence-corrected chi connectivity index (χ3v) is 2.93. The fourth-order valence-corrected chi connectivity index (χ4v) is 1.94. The number of benzene rings is 1. The van der Waals surface area contributed by atoms with Crippen molar-refractivity contribution in [1.82, 2.24) is 9.88 Å². The van der Waals surface area contributed by atoms with Crippen LogP contribution in [0.2, 0.25) is 0 Å². The molecule has 0 unspecified atom stereocenters. The number of nitrogen functional groups attached to an aromatic ring is 1. The van der Waals surface area contributed by atoms with Crippen LogP contribution in [0.4, 0.5) is 5.82 Å². The number of nitrogens with zero attached hydrogens (tertiary/aromatic N) is 1. The summed E-state index contributed by atoms with van der Waals surface area (Å²) in [7, 11) is 0. The van der Waals surface area contributed by atoms with Crippen LogP contribution in [0.5, 0.6) is 0 Å². The number of anilines is 1. The summed E-state index contributed by atoms with van der Waals surface area (Å²) in [6, 6.07) is 8.91. The maximum atomic E-state index is 12.3. The highest BCUT2D eigenvalue weighted by atomic mass is 16.2. The van der Waals surface area contributed by atoms with Crippen molar-refractivity contribution in [1.29, 1.82) is 0 Å². The Morgan fingerprint density at radius 1 is 1.37 bits per heavy atom. The standard InChI is InChI=1S/C14H17N3O2/c1-2-7-16-13(18)9-17-12(15)8-10-5-3-4-6-11(10)14(17)19/h3-6,8H,2,7,9,15H2,1H3,(H,16,18). The Bertz CT molecular complexity index is 661. The van der Waals surface area contributed by atoms with E-state index >= 15 is 0 Å². The lowest BCUT2D eigenvalue weighted by molar-refractivity contribution is -0.121. The van der Waals surface area contributed by atoms with E-state index in [9.17, 15) is 9.59 Å². The zero-order valence-electron chi connectivity index (χ0n) is 10.8. The highest BCUT2D eigenvalue weighted by molar-refractivity contribution is 5.84. The van der Waals surface area contributed by atoms with E-state index in [1.165, 1.54) is 4.57 Å². The maximum absolute atomic E-state index is 12.3. The molecule has 0 aliphatic heterocycles. The van der Waals surface area contributed by atoms with E-state index in [1.54, 1.807) is 18.2 Å². The van der Waals surface area contributed by atoms with Crippen molar-refractivity contribution in [2.24, 2.45) is 0 Å². The van der Waals surface area contributed by atoms with Crippen LogP contribution in [-0.4, -0.2) is 17.0 Å². The minimum absolute atomic E-state index is 0.0461. The Morgan fingerprint density at radius 3 is 2.84 bits per heavy atom. The number of nitrogens with two attached hydrogens (primary N) is 1. The second kappa shape index (κ2) is 5.56. The molecule has 0 spiro atoms. The quantitative estimate of drug-likeness (QED) is 0.863. The van der Waals surface area contributed by atoms with Crippen molar-refractivity contribution < 1.29 is 4.79 Å². The summed E-state index contributed by atoms with van der Waals surface area (Å²) in [4.78, 5) is 23.9. The fraction of sp³-hybridized carbons (Fsp3) is 0.286. The van der Waals surface area contributed by atoms with Gasteiger partial charge < -0.3 is 11.1 Å². The molecule has 5 heteroatoms. The van der Waals surface area contributed by atoms with E-state index in [1.807, 2.05) is 19.1 Å². The first-order chi connectivity index (χ1) is 9.13. The van der Waals surface area contributed by atoms with Gasteiger partial charge in [0.15, 0.2) is 0 Å². The van der Waals surface area contributed by atoms with E-state index in [-0.39, 0.29) is 18.0 Å². The van der Waals surface area contributed by atoms with Crippen molar-refractivity contribution in [3.63, 3.8) is 0 Å². The van der Waals surface area contributed by atoms with Crippen LogP contribution in [0.15, 0.2) is 35.1 Å². The topological polar surface area (TPSA) is 77.1 Å². The van der Waals surface area contributed by atoms with Gasteiger partial charge in [0.2, 0.25) is 5.91 Å². The average molecular weight is 259 g/mol. The molecule has 3 N–H and O–H groups in total. The van der Waals surface area contributed by atoms with E-state index in [4.69, 9.17) is 5.73 Å². The number of amides is 1. The number of nitrogens with one attached hydrogen (secondary N) is 1. The third-order valence-electron chi connectivity index (χ3n) is 2.93. The van der Waals surface area contributed by atoms with Gasteiger partial charge in [-0.15, -0.1) is 0 Å². The van der Waals surface area contributed by atoms with Crippen LogP contribution in [0, 0.1) is 0 Å². The highest BCUT2D eigenvalue weighted by Gasteiger charge is 2.10. The average Bonchev–Trinajstić information content (AvgIpc) is 2.41. The lowest BCUT2D eigenvalue weighted by atomic mass is 10.1.